The normalized spacial score (nSPS) is 16.6. The first-order chi connectivity index (χ1) is 47.2. The number of anilines is 3. The first-order valence-electron chi connectivity index (χ1n) is 33.4. The van der Waals surface area contributed by atoms with Gasteiger partial charge in [-0.05, 0) is 94.4 Å². The van der Waals surface area contributed by atoms with Crippen molar-refractivity contribution in [1.29, 1.82) is 0 Å². The van der Waals surface area contributed by atoms with Crippen LogP contribution >= 0.6 is 45.6 Å². The zero-order valence-corrected chi connectivity index (χ0v) is 62.6. The summed E-state index contributed by atoms with van der Waals surface area (Å²) in [5.74, 6) is 0. The molecule has 0 spiro atoms. The monoisotopic (exact) mass is 1430 g/mol. The molecule has 0 atom stereocenters. The maximum atomic E-state index is 6.11. The Hall–Kier alpha value is -6.90. The van der Waals surface area contributed by atoms with E-state index in [9.17, 15) is 0 Å². The first-order valence-corrected chi connectivity index (χ1v) is 43.7. The Balaban J connectivity index is 0.000000120. The van der Waals surface area contributed by atoms with Gasteiger partial charge in [-0.15, -0.1) is 11.3 Å². The quantitative estimate of drug-likeness (QED) is 0.0540. The van der Waals surface area contributed by atoms with Gasteiger partial charge < -0.3 is 61.8 Å². The molecular weight excluding hydrogens is 1350 g/mol. The van der Waals surface area contributed by atoms with Crippen LogP contribution in [0.25, 0.3) is 87.0 Å². The number of halogens is 1. The molecule has 22 nitrogen and oxygen atoms in total. The standard InChI is InChI=1S/C23H29N5O2SSi.C17H15N5OS.C16H20ClN3OSi.C13H21BN2O3S/c1-32(2,3)13-12-30-16-28-20-6-7-24-14-18(20)17-4-5-19(26-22(17)28)21-15-25-23(31-21)27-8-10-29-11-9-27;1-2-14(15-10-19-17(24-15)22-5-7-23-8-6-22)21-16-11(1)12-9-18-4-3-13(12)20-16;1-22(2,3)9-8-21-11-20-14-6-7-18-10-13(14)12-4-5-15(17)19-16(12)20;1-12(2)13(3,4)19-14(18-12)10-9-15-11(20-10)16-5-7-17-8-6-16/h4-7,14-15H,8-13,16H2,1-3H3;1-4,9-10H,5-8H2,(H,20,21);4-7,10H,8-9,11H2,1-3H3;9H,5-8H2,1-4H3. The summed E-state index contributed by atoms with van der Waals surface area (Å²) in [5, 5.41) is 10.1. The molecule has 4 aliphatic heterocycles. The zero-order valence-electron chi connectivity index (χ0n) is 57.4. The molecule has 0 amide bonds. The van der Waals surface area contributed by atoms with Crippen molar-refractivity contribution in [2.75, 3.05) is 107 Å². The van der Waals surface area contributed by atoms with Crippen molar-refractivity contribution in [3.05, 3.63) is 116 Å². The summed E-state index contributed by atoms with van der Waals surface area (Å²) in [7, 11) is -2.52. The lowest BCUT2D eigenvalue weighted by Crippen LogP contribution is -2.41. The number of ether oxygens (including phenoxy) is 5. The zero-order chi connectivity index (χ0) is 68.2. The lowest BCUT2D eigenvalue weighted by Gasteiger charge is -2.32. The minimum atomic E-state index is -1.13. The fourth-order valence-corrected chi connectivity index (χ4v) is 16.1. The van der Waals surface area contributed by atoms with Crippen molar-refractivity contribution in [3.63, 3.8) is 0 Å². The Kier molecular flexibility index (Phi) is 21.4. The molecule has 0 unspecified atom stereocenters. The molecule has 16 rings (SSSR count). The Bertz CT molecular complexity index is 4670. The van der Waals surface area contributed by atoms with Crippen LogP contribution in [0.2, 0.25) is 56.5 Å². The molecule has 12 aromatic heterocycles. The molecule has 0 aromatic carbocycles. The second-order valence-corrected chi connectivity index (χ2v) is 42.7. The van der Waals surface area contributed by atoms with Gasteiger partial charge in [-0.1, -0.05) is 73.6 Å². The van der Waals surface area contributed by atoms with Crippen LogP contribution in [0.15, 0.2) is 110 Å². The molecule has 514 valence electrons. The van der Waals surface area contributed by atoms with E-state index in [2.05, 4.69) is 155 Å². The van der Waals surface area contributed by atoms with Gasteiger partial charge in [0.25, 0.3) is 0 Å². The van der Waals surface area contributed by atoms with Gasteiger partial charge in [0, 0.05) is 157 Å². The minimum absolute atomic E-state index is 0.305. The molecule has 0 radical (unpaired) electrons. The van der Waals surface area contributed by atoms with Gasteiger partial charge in [-0.2, -0.15) is 0 Å². The van der Waals surface area contributed by atoms with Crippen LogP contribution in [-0.4, -0.2) is 186 Å². The first kappa shape index (κ1) is 69.6. The number of nitrogens with one attached hydrogen (secondary N) is 1. The van der Waals surface area contributed by atoms with Crippen molar-refractivity contribution >= 4 is 155 Å². The van der Waals surface area contributed by atoms with Crippen LogP contribution in [0, 0.1) is 0 Å². The highest BCUT2D eigenvalue weighted by atomic mass is 35.5. The van der Waals surface area contributed by atoms with E-state index in [1.807, 2.05) is 73.7 Å². The fourth-order valence-electron chi connectivity index (χ4n) is 11.6. The summed E-state index contributed by atoms with van der Waals surface area (Å²) < 4.78 is 45.6. The summed E-state index contributed by atoms with van der Waals surface area (Å²) in [6, 6.07) is 20.5. The number of aromatic nitrogens is 12. The molecule has 12 aromatic rings. The summed E-state index contributed by atoms with van der Waals surface area (Å²) in [5.41, 5.74) is 7.18. The van der Waals surface area contributed by atoms with Crippen LogP contribution in [0.5, 0.6) is 0 Å². The molecular formula is C69H85BClN15O7S3Si2. The highest BCUT2D eigenvalue weighted by Gasteiger charge is 2.52. The number of fused-ring (bicyclic) bond motifs is 9. The van der Waals surface area contributed by atoms with Gasteiger partial charge in [0.05, 0.1) is 93.3 Å². The lowest BCUT2D eigenvalue weighted by molar-refractivity contribution is 0.00578. The van der Waals surface area contributed by atoms with E-state index < -0.39 is 16.1 Å². The van der Waals surface area contributed by atoms with E-state index in [0.717, 1.165) is 211 Å². The highest BCUT2D eigenvalue weighted by Crippen LogP contribution is 2.39. The van der Waals surface area contributed by atoms with Gasteiger partial charge in [0.2, 0.25) is 0 Å². The number of H-pyrrole nitrogens is 1. The van der Waals surface area contributed by atoms with Crippen LogP contribution in [0.3, 0.4) is 0 Å². The summed E-state index contributed by atoms with van der Waals surface area (Å²) >= 11 is 11.1. The van der Waals surface area contributed by atoms with Crippen LogP contribution < -0.4 is 19.5 Å². The molecule has 98 heavy (non-hydrogen) atoms. The molecule has 16 heterocycles. The number of hydrogen-bond donors (Lipinski definition) is 1. The molecule has 29 heteroatoms. The SMILES string of the molecule is CC1(C)OB(c2cnc(N3CCOCC3)s2)OC1(C)C.C[Si](C)(C)CCOCn1c2ccncc2c2ccc(-c3cnc(N4CCOCC4)s3)nc21.C[Si](C)(C)CCOCn1c2ccncc2c2ccc(Cl)nc21.c1cc2[nH]c3nc(-c4cnc(N5CCOCC5)s4)ccc3c2cn1. The number of morpholine rings is 3. The van der Waals surface area contributed by atoms with E-state index in [1.165, 1.54) is 0 Å². The van der Waals surface area contributed by atoms with Crippen LogP contribution in [0.1, 0.15) is 27.7 Å². The van der Waals surface area contributed by atoms with Gasteiger partial charge in [-0.25, -0.2) is 29.9 Å². The predicted octanol–water partition coefficient (Wildman–Crippen LogP) is 13.8. The molecule has 4 aliphatic rings. The van der Waals surface area contributed by atoms with Crippen molar-refractivity contribution in [3.8, 4) is 21.1 Å². The van der Waals surface area contributed by atoms with E-state index in [-0.39, 0.29) is 18.3 Å². The van der Waals surface area contributed by atoms with Crippen LogP contribution in [0.4, 0.5) is 15.4 Å². The largest absolute Gasteiger partial charge is 0.507 e. The summed E-state index contributed by atoms with van der Waals surface area (Å²) in [6.07, 6.45) is 16.8. The average Bonchev–Trinajstić information content (AvgIpc) is 1.62. The minimum Gasteiger partial charge on any atom is -0.399 e. The van der Waals surface area contributed by atoms with Gasteiger partial charge in [0.1, 0.15) is 35.6 Å². The molecule has 4 fully saturated rings. The topological polar surface area (TPSA) is 216 Å². The average molecular weight is 1440 g/mol. The molecule has 0 bridgehead atoms. The number of nitrogens with zero attached hydrogens (tertiary/aromatic N) is 14. The van der Waals surface area contributed by atoms with Crippen molar-refractivity contribution in [2.45, 2.75) is 104 Å². The maximum Gasteiger partial charge on any atom is 0.507 e. The third-order valence-electron chi connectivity index (χ3n) is 18.0. The second kappa shape index (κ2) is 30.1. The van der Waals surface area contributed by atoms with Gasteiger partial charge >= 0.3 is 7.12 Å². The summed E-state index contributed by atoms with van der Waals surface area (Å²) in [4.78, 5) is 53.1. The van der Waals surface area contributed by atoms with Crippen LogP contribution in [-0.2, 0) is 46.5 Å². The Morgan fingerprint density at radius 2 is 0.939 bits per heavy atom. The number of pyridine rings is 6. The van der Waals surface area contributed by atoms with Crippen molar-refractivity contribution in [2.24, 2.45) is 0 Å². The number of aromatic amines is 1. The van der Waals surface area contributed by atoms with Gasteiger partial charge in [0.15, 0.2) is 15.4 Å². The molecule has 1 N–H and O–H groups in total. The molecule has 4 saturated heterocycles. The summed E-state index contributed by atoms with van der Waals surface area (Å²) in [6.45, 7) is 34.9. The third-order valence-corrected chi connectivity index (χ3v) is 24.9. The van der Waals surface area contributed by atoms with Crippen molar-refractivity contribution in [1.82, 2.24) is 59.0 Å². The van der Waals surface area contributed by atoms with Gasteiger partial charge in [-0.3, -0.25) is 15.0 Å². The van der Waals surface area contributed by atoms with E-state index >= 15 is 0 Å². The molecule has 0 saturated carbocycles. The Morgan fingerprint density at radius 3 is 1.45 bits per heavy atom. The Labute approximate surface area is 590 Å². The lowest BCUT2D eigenvalue weighted by atomic mass is 9.89. The van der Waals surface area contributed by atoms with E-state index in [1.54, 1.807) is 46.4 Å². The number of hydrogen-bond acceptors (Lipinski definition) is 22. The Morgan fingerprint density at radius 1 is 0.500 bits per heavy atom. The maximum absolute atomic E-state index is 6.11. The number of rotatable bonds is 16. The fraction of sp³-hybridized carbons (Fsp3) is 0.435. The molecule has 0 aliphatic carbocycles. The third kappa shape index (κ3) is 16.1. The number of thiazole rings is 3. The predicted molar refractivity (Wildman–Crippen MR) is 404 cm³/mol. The van der Waals surface area contributed by atoms with E-state index in [0.29, 0.717) is 18.6 Å². The second-order valence-electron chi connectivity index (χ2n) is 28.0. The smallest absolute Gasteiger partial charge is 0.399 e. The highest BCUT2D eigenvalue weighted by molar-refractivity contribution is 7.25. The van der Waals surface area contributed by atoms with Crippen molar-refractivity contribution < 1.29 is 33.0 Å². The van der Waals surface area contributed by atoms with E-state index in [4.69, 9.17) is 54.6 Å².